The third-order valence-electron chi connectivity index (χ3n) is 7.46. The van der Waals surface area contributed by atoms with Crippen LogP contribution in [0.4, 0.5) is 0 Å². The van der Waals surface area contributed by atoms with Crippen LogP contribution in [0.5, 0.6) is 0 Å². The Hall–Kier alpha value is -2.44. The first-order chi connectivity index (χ1) is 15.4. The Bertz CT molecular complexity index is 1050. The van der Waals surface area contributed by atoms with Crippen LogP contribution in [0.3, 0.4) is 0 Å². The van der Waals surface area contributed by atoms with Gasteiger partial charge in [0.15, 0.2) is 0 Å². The van der Waals surface area contributed by atoms with Crippen molar-refractivity contribution < 1.29 is 4.74 Å². The number of hydrogen-bond acceptors (Lipinski definition) is 2. The first-order valence-corrected chi connectivity index (χ1v) is 12.9. The molecule has 2 nitrogen and oxygen atoms in total. The maximum Gasteiger partial charge on any atom is 0.217 e. The minimum Gasteiger partial charge on any atom is -0.473 e. The molecular weight excluding hydrogens is 397 g/mol. The molecule has 31 heavy (non-hydrogen) atoms. The molecule has 3 aromatic carbocycles. The van der Waals surface area contributed by atoms with Crippen LogP contribution >= 0.6 is 7.92 Å². The molecular formula is C28H28NOP. The molecule has 0 aromatic heterocycles. The van der Waals surface area contributed by atoms with Gasteiger partial charge in [-0.25, -0.2) is 4.99 Å². The molecule has 0 bridgehead atoms. The van der Waals surface area contributed by atoms with Gasteiger partial charge in [-0.2, -0.15) is 0 Å². The summed E-state index contributed by atoms with van der Waals surface area (Å²) in [5.41, 5.74) is 1.51. The molecule has 1 spiro atoms. The van der Waals surface area contributed by atoms with E-state index < -0.39 is 7.92 Å². The van der Waals surface area contributed by atoms with Gasteiger partial charge in [-0.1, -0.05) is 85.3 Å². The van der Waals surface area contributed by atoms with Gasteiger partial charge < -0.3 is 4.74 Å². The van der Waals surface area contributed by atoms with Gasteiger partial charge in [-0.3, -0.25) is 0 Å². The van der Waals surface area contributed by atoms with Crippen LogP contribution in [0.25, 0.3) is 0 Å². The van der Waals surface area contributed by atoms with Crippen LogP contribution in [0, 0.1) is 5.41 Å². The fraction of sp³-hybridized carbons (Fsp3) is 0.321. The van der Waals surface area contributed by atoms with Crippen molar-refractivity contribution >= 4 is 29.7 Å². The minimum absolute atomic E-state index is 0.321. The molecule has 0 radical (unpaired) electrons. The molecule has 3 unspecified atom stereocenters. The van der Waals surface area contributed by atoms with Crippen LogP contribution in [0.1, 0.15) is 44.1 Å². The average molecular weight is 426 g/mol. The van der Waals surface area contributed by atoms with Crippen molar-refractivity contribution in [3.8, 4) is 0 Å². The molecule has 6 rings (SSSR count). The normalized spacial score (nSPS) is 26.8. The summed E-state index contributed by atoms with van der Waals surface area (Å²) in [6.45, 7) is 0. The summed E-state index contributed by atoms with van der Waals surface area (Å²) in [5.74, 6) is 0.893. The highest BCUT2D eigenvalue weighted by molar-refractivity contribution is 7.80. The van der Waals surface area contributed by atoms with E-state index in [0.29, 0.717) is 17.6 Å². The van der Waals surface area contributed by atoms with E-state index in [1.807, 2.05) is 0 Å². The molecule has 3 heteroatoms. The Balaban J connectivity index is 1.48. The first kappa shape index (κ1) is 19.3. The molecule has 0 N–H and O–H groups in total. The van der Waals surface area contributed by atoms with Crippen LogP contribution in [-0.4, -0.2) is 18.0 Å². The second kappa shape index (κ2) is 7.92. The van der Waals surface area contributed by atoms with E-state index in [9.17, 15) is 0 Å². The fourth-order valence-electron chi connectivity index (χ4n) is 6.05. The maximum absolute atomic E-state index is 6.72. The molecule has 1 aliphatic heterocycles. The molecule has 2 aliphatic carbocycles. The highest BCUT2D eigenvalue weighted by Crippen LogP contribution is 2.55. The van der Waals surface area contributed by atoms with Gasteiger partial charge in [0.25, 0.3) is 0 Å². The molecule has 3 aromatic rings. The van der Waals surface area contributed by atoms with Gasteiger partial charge in [0.05, 0.1) is 6.04 Å². The van der Waals surface area contributed by atoms with Crippen molar-refractivity contribution in [1.82, 2.24) is 0 Å². The lowest BCUT2D eigenvalue weighted by molar-refractivity contribution is 0.0394. The Morgan fingerprint density at radius 1 is 0.742 bits per heavy atom. The third kappa shape index (κ3) is 3.24. The first-order valence-electron chi connectivity index (χ1n) is 11.6. The SMILES string of the molecule is c1ccc(P(c2ccccc2)c2ccccc2C2=NC3CCCC34CCCC4O2)cc1. The lowest BCUT2D eigenvalue weighted by atomic mass is 9.78. The smallest absolute Gasteiger partial charge is 0.217 e. The largest absolute Gasteiger partial charge is 0.473 e. The van der Waals surface area contributed by atoms with Gasteiger partial charge in [-0.05, 0) is 62.0 Å². The zero-order valence-corrected chi connectivity index (χ0v) is 18.7. The predicted octanol–water partition coefficient (Wildman–Crippen LogP) is 5.31. The molecule has 2 saturated carbocycles. The van der Waals surface area contributed by atoms with Crippen LogP contribution in [-0.2, 0) is 4.74 Å². The number of ether oxygens (including phenoxy) is 1. The summed E-state index contributed by atoms with van der Waals surface area (Å²) in [6, 6.07) is 31.1. The molecule has 2 fully saturated rings. The standard InChI is InChI=1S/C28H28NOP/c1-3-11-21(12-4-1)31(22-13-5-2-6-14-22)24-16-8-7-15-23(24)27-29-25-17-9-19-28(25)20-10-18-26(28)30-27/h1-8,11-16,25-26H,9-10,17-20H2. The summed E-state index contributed by atoms with van der Waals surface area (Å²) in [6.07, 6.45) is 7.92. The fourth-order valence-corrected chi connectivity index (χ4v) is 8.49. The van der Waals surface area contributed by atoms with Crippen LogP contribution in [0.15, 0.2) is 89.9 Å². The van der Waals surface area contributed by atoms with Crippen molar-refractivity contribution in [2.45, 2.75) is 50.7 Å². The predicted molar refractivity (Wildman–Crippen MR) is 130 cm³/mol. The number of hydrogen-bond donors (Lipinski definition) is 0. The Kier molecular flexibility index (Phi) is 4.92. The third-order valence-corrected chi connectivity index (χ3v) is 9.97. The summed E-state index contributed by atoms with van der Waals surface area (Å²) in [5, 5.41) is 4.07. The molecule has 0 saturated heterocycles. The lowest BCUT2D eigenvalue weighted by Gasteiger charge is -2.40. The highest BCUT2D eigenvalue weighted by Gasteiger charge is 2.55. The number of rotatable bonds is 4. The summed E-state index contributed by atoms with van der Waals surface area (Å²) < 4.78 is 6.72. The van der Waals surface area contributed by atoms with Crippen molar-refractivity contribution in [3.05, 3.63) is 90.5 Å². The van der Waals surface area contributed by atoms with E-state index in [4.69, 9.17) is 9.73 Å². The van der Waals surface area contributed by atoms with Crippen LogP contribution < -0.4 is 15.9 Å². The number of aliphatic imine (C=N–C) groups is 1. The van der Waals surface area contributed by atoms with Crippen molar-refractivity contribution in [2.75, 3.05) is 0 Å². The molecule has 3 atom stereocenters. The Morgan fingerprint density at radius 2 is 1.35 bits per heavy atom. The van der Waals surface area contributed by atoms with E-state index in [2.05, 4.69) is 84.9 Å². The average Bonchev–Trinajstić information content (AvgIpc) is 3.44. The molecule has 0 amide bonds. The van der Waals surface area contributed by atoms with E-state index in [-0.39, 0.29) is 0 Å². The Morgan fingerprint density at radius 3 is 2.06 bits per heavy atom. The van der Waals surface area contributed by atoms with Crippen LogP contribution in [0.2, 0.25) is 0 Å². The van der Waals surface area contributed by atoms with E-state index >= 15 is 0 Å². The summed E-state index contributed by atoms with van der Waals surface area (Å²) >= 11 is 0. The summed E-state index contributed by atoms with van der Waals surface area (Å²) in [4.78, 5) is 5.28. The quantitative estimate of drug-likeness (QED) is 0.519. The topological polar surface area (TPSA) is 21.6 Å². The second-order valence-corrected chi connectivity index (χ2v) is 11.3. The lowest BCUT2D eigenvalue weighted by Crippen LogP contribution is -2.44. The second-order valence-electron chi connectivity index (χ2n) is 9.10. The van der Waals surface area contributed by atoms with Gasteiger partial charge in [0, 0.05) is 11.0 Å². The monoisotopic (exact) mass is 425 g/mol. The zero-order valence-electron chi connectivity index (χ0n) is 17.8. The number of nitrogens with zero attached hydrogens (tertiary/aromatic N) is 1. The van der Waals surface area contributed by atoms with Gasteiger partial charge in [-0.15, -0.1) is 0 Å². The van der Waals surface area contributed by atoms with Gasteiger partial charge in [0.1, 0.15) is 6.10 Å². The minimum atomic E-state index is -0.682. The molecule has 156 valence electrons. The molecule has 3 aliphatic rings. The maximum atomic E-state index is 6.72. The highest BCUT2D eigenvalue weighted by atomic mass is 31.1. The van der Waals surface area contributed by atoms with Crippen molar-refractivity contribution in [1.29, 1.82) is 0 Å². The Labute approximate surface area is 186 Å². The summed E-state index contributed by atoms with van der Waals surface area (Å²) in [7, 11) is -0.682. The van der Waals surface area contributed by atoms with Gasteiger partial charge >= 0.3 is 0 Å². The van der Waals surface area contributed by atoms with E-state index in [1.165, 1.54) is 60.0 Å². The van der Waals surface area contributed by atoms with Crippen molar-refractivity contribution in [2.24, 2.45) is 10.4 Å². The van der Waals surface area contributed by atoms with E-state index in [0.717, 1.165) is 5.90 Å². The van der Waals surface area contributed by atoms with Gasteiger partial charge in [0.2, 0.25) is 5.90 Å². The molecule has 1 heterocycles. The van der Waals surface area contributed by atoms with Crippen molar-refractivity contribution in [3.63, 3.8) is 0 Å². The zero-order chi connectivity index (χ0) is 20.7. The number of benzene rings is 3. The van der Waals surface area contributed by atoms with E-state index in [1.54, 1.807) is 0 Å².